The molecule has 0 unspecified atom stereocenters. The van der Waals surface area contributed by atoms with Crippen LogP contribution in [0.4, 0.5) is 0 Å². The first-order valence-electron chi connectivity index (χ1n) is 4.95. The third kappa shape index (κ3) is 1.84. The van der Waals surface area contributed by atoms with Crippen LogP contribution in [0.2, 0.25) is 0 Å². The third-order valence-corrected chi connectivity index (χ3v) is 2.52. The van der Waals surface area contributed by atoms with E-state index in [1.807, 2.05) is 37.3 Å². The summed E-state index contributed by atoms with van der Waals surface area (Å²) in [5.74, 6) is 0. The van der Waals surface area contributed by atoms with Crippen LogP contribution >= 0.6 is 0 Å². The van der Waals surface area contributed by atoms with Crippen molar-refractivity contribution in [2.45, 2.75) is 13.0 Å². The van der Waals surface area contributed by atoms with E-state index in [4.69, 9.17) is 10.8 Å². The maximum Gasteiger partial charge on any atom is 0.0708 e. The predicted molar refractivity (Wildman–Crippen MR) is 60.5 cm³/mol. The van der Waals surface area contributed by atoms with Gasteiger partial charge in [0.15, 0.2) is 0 Å². The Morgan fingerprint density at radius 3 is 2.87 bits per heavy atom. The van der Waals surface area contributed by atoms with Crippen LogP contribution in [0, 0.1) is 6.92 Å². The molecule has 0 saturated heterocycles. The van der Waals surface area contributed by atoms with Crippen LogP contribution in [0.5, 0.6) is 0 Å². The van der Waals surface area contributed by atoms with Gasteiger partial charge in [0, 0.05) is 5.39 Å². The van der Waals surface area contributed by atoms with Crippen LogP contribution in [0.15, 0.2) is 30.3 Å². The molecule has 3 N–H and O–H groups in total. The summed E-state index contributed by atoms with van der Waals surface area (Å²) in [5, 5.41) is 10.1. The highest BCUT2D eigenvalue weighted by atomic mass is 16.3. The highest BCUT2D eigenvalue weighted by molar-refractivity contribution is 5.82. The molecule has 0 radical (unpaired) electrons. The van der Waals surface area contributed by atoms with Crippen LogP contribution in [-0.4, -0.2) is 16.7 Å². The lowest BCUT2D eigenvalue weighted by Gasteiger charge is -2.10. The van der Waals surface area contributed by atoms with E-state index in [9.17, 15) is 0 Å². The second-order valence-corrected chi connectivity index (χ2v) is 3.67. The molecule has 0 aliphatic carbocycles. The van der Waals surface area contributed by atoms with Crippen molar-refractivity contribution >= 4 is 10.9 Å². The largest absolute Gasteiger partial charge is 0.394 e. The van der Waals surface area contributed by atoms with E-state index in [1.165, 1.54) is 0 Å². The van der Waals surface area contributed by atoms with Crippen LogP contribution in [0.1, 0.15) is 17.3 Å². The molecular weight excluding hydrogens is 188 g/mol. The van der Waals surface area contributed by atoms with Gasteiger partial charge in [-0.1, -0.05) is 18.2 Å². The number of aryl methyl sites for hydroxylation is 1. The number of hydrogen-bond donors (Lipinski definition) is 2. The Morgan fingerprint density at radius 1 is 1.40 bits per heavy atom. The summed E-state index contributed by atoms with van der Waals surface area (Å²) in [6.45, 7) is 1.95. The summed E-state index contributed by atoms with van der Waals surface area (Å²) in [7, 11) is 0. The first-order valence-corrected chi connectivity index (χ1v) is 4.95. The third-order valence-electron chi connectivity index (χ3n) is 2.52. The summed E-state index contributed by atoms with van der Waals surface area (Å²) >= 11 is 0. The lowest BCUT2D eigenvalue weighted by Crippen LogP contribution is -2.16. The Hall–Kier alpha value is -1.45. The Bertz CT molecular complexity index is 482. The van der Waals surface area contributed by atoms with Gasteiger partial charge < -0.3 is 10.8 Å². The number of fused-ring (bicyclic) bond motifs is 1. The van der Waals surface area contributed by atoms with Gasteiger partial charge in [0.05, 0.1) is 23.9 Å². The Balaban J connectivity index is 2.62. The van der Waals surface area contributed by atoms with Crippen LogP contribution < -0.4 is 5.73 Å². The summed E-state index contributed by atoms with van der Waals surface area (Å²) in [4.78, 5) is 4.42. The number of para-hydroxylation sites is 1. The summed E-state index contributed by atoms with van der Waals surface area (Å²) < 4.78 is 0. The normalized spacial score (nSPS) is 13.0. The van der Waals surface area contributed by atoms with Crippen molar-refractivity contribution in [3.8, 4) is 0 Å². The molecule has 1 atom stereocenters. The fourth-order valence-electron chi connectivity index (χ4n) is 1.66. The molecular formula is C12H14N2O. The maximum atomic E-state index is 8.99. The van der Waals surface area contributed by atoms with Crippen molar-refractivity contribution in [2.75, 3.05) is 6.61 Å². The van der Waals surface area contributed by atoms with E-state index in [0.29, 0.717) is 0 Å². The molecule has 0 spiro atoms. The molecule has 1 aromatic heterocycles. The van der Waals surface area contributed by atoms with Crippen molar-refractivity contribution in [1.82, 2.24) is 4.98 Å². The molecule has 0 aliphatic rings. The molecule has 0 fully saturated rings. The minimum atomic E-state index is -0.395. The van der Waals surface area contributed by atoms with Crippen LogP contribution in [-0.2, 0) is 0 Å². The molecule has 3 nitrogen and oxygen atoms in total. The molecule has 0 amide bonds. The molecule has 1 heterocycles. The highest BCUT2D eigenvalue weighted by Crippen LogP contribution is 2.19. The smallest absolute Gasteiger partial charge is 0.0708 e. The monoisotopic (exact) mass is 202 g/mol. The average molecular weight is 202 g/mol. The number of aliphatic hydroxyl groups is 1. The second-order valence-electron chi connectivity index (χ2n) is 3.67. The Kier molecular flexibility index (Phi) is 2.66. The van der Waals surface area contributed by atoms with Gasteiger partial charge in [0.2, 0.25) is 0 Å². The van der Waals surface area contributed by atoms with Crippen molar-refractivity contribution in [3.63, 3.8) is 0 Å². The fraction of sp³-hybridized carbons (Fsp3) is 0.250. The number of aromatic nitrogens is 1. The average Bonchev–Trinajstić information content (AvgIpc) is 2.28. The van der Waals surface area contributed by atoms with Gasteiger partial charge in [0.1, 0.15) is 0 Å². The minimum Gasteiger partial charge on any atom is -0.394 e. The first-order chi connectivity index (χ1) is 7.22. The first kappa shape index (κ1) is 10.1. The molecule has 1 aromatic carbocycles. The van der Waals surface area contributed by atoms with Crippen LogP contribution in [0.3, 0.4) is 0 Å². The molecule has 15 heavy (non-hydrogen) atoms. The maximum absolute atomic E-state index is 8.99. The summed E-state index contributed by atoms with van der Waals surface area (Å²) in [6, 6.07) is 9.46. The summed E-state index contributed by atoms with van der Waals surface area (Å²) in [5.41, 5.74) is 8.55. The standard InChI is InChI=1S/C12H14N2O/c1-8-6-12(10(13)7-15)14-11-5-3-2-4-9(8)11/h2-6,10,15H,7,13H2,1H3/t10-/m1/s1. The number of pyridine rings is 1. The minimum absolute atomic E-state index is 0.0786. The lowest BCUT2D eigenvalue weighted by molar-refractivity contribution is 0.266. The predicted octanol–water partition coefficient (Wildman–Crippen LogP) is 1.54. The highest BCUT2D eigenvalue weighted by Gasteiger charge is 2.08. The molecule has 2 rings (SSSR count). The Labute approximate surface area is 88.6 Å². The number of nitrogens with zero attached hydrogens (tertiary/aromatic N) is 1. The molecule has 2 aromatic rings. The quantitative estimate of drug-likeness (QED) is 0.776. The van der Waals surface area contributed by atoms with E-state index < -0.39 is 6.04 Å². The number of benzene rings is 1. The van der Waals surface area contributed by atoms with Gasteiger partial charge in [-0.3, -0.25) is 4.98 Å². The SMILES string of the molecule is Cc1cc([C@H](N)CO)nc2ccccc12. The van der Waals surface area contributed by atoms with E-state index >= 15 is 0 Å². The Morgan fingerprint density at radius 2 is 2.13 bits per heavy atom. The zero-order valence-corrected chi connectivity index (χ0v) is 8.64. The summed E-state index contributed by atoms with van der Waals surface area (Å²) in [6.07, 6.45) is 0. The molecule has 0 bridgehead atoms. The number of nitrogens with two attached hydrogens (primary N) is 1. The molecule has 3 heteroatoms. The van der Waals surface area contributed by atoms with Gasteiger partial charge in [-0.05, 0) is 24.6 Å². The van der Waals surface area contributed by atoms with Gasteiger partial charge in [-0.15, -0.1) is 0 Å². The van der Waals surface area contributed by atoms with Gasteiger partial charge in [-0.25, -0.2) is 0 Å². The van der Waals surface area contributed by atoms with E-state index in [-0.39, 0.29) is 6.61 Å². The zero-order valence-electron chi connectivity index (χ0n) is 8.64. The van der Waals surface area contributed by atoms with Crippen molar-refractivity contribution in [3.05, 3.63) is 41.6 Å². The van der Waals surface area contributed by atoms with E-state index in [0.717, 1.165) is 22.2 Å². The van der Waals surface area contributed by atoms with Gasteiger partial charge >= 0.3 is 0 Å². The fourth-order valence-corrected chi connectivity index (χ4v) is 1.66. The topological polar surface area (TPSA) is 59.1 Å². The van der Waals surface area contributed by atoms with E-state index in [2.05, 4.69) is 4.98 Å². The molecule has 78 valence electrons. The molecule has 0 aliphatic heterocycles. The van der Waals surface area contributed by atoms with Crippen molar-refractivity contribution < 1.29 is 5.11 Å². The number of rotatable bonds is 2. The van der Waals surface area contributed by atoms with Gasteiger partial charge in [0.25, 0.3) is 0 Å². The van der Waals surface area contributed by atoms with Crippen molar-refractivity contribution in [1.29, 1.82) is 0 Å². The molecule has 0 saturated carbocycles. The zero-order chi connectivity index (χ0) is 10.8. The van der Waals surface area contributed by atoms with Gasteiger partial charge in [-0.2, -0.15) is 0 Å². The lowest BCUT2D eigenvalue weighted by atomic mass is 10.1. The second kappa shape index (κ2) is 3.96. The van der Waals surface area contributed by atoms with E-state index in [1.54, 1.807) is 0 Å². The van der Waals surface area contributed by atoms with Crippen LogP contribution in [0.25, 0.3) is 10.9 Å². The number of hydrogen-bond acceptors (Lipinski definition) is 3. The number of aliphatic hydroxyl groups excluding tert-OH is 1. The van der Waals surface area contributed by atoms with Crippen molar-refractivity contribution in [2.24, 2.45) is 5.73 Å².